The smallest absolute Gasteiger partial charge is 0.267 e. The number of carbonyl (C=O) groups excluding carboxylic acids is 1. The molecule has 1 aliphatic carbocycles. The standard InChI is InChI=1S/C22H21BrN2O3S/c1-28-19-11-14(17(23)13-18(19)26)12-20-21(27)25(16-9-5-6-10-16)22(29-20)24-15-7-3-2-4-8-15/h2-4,7-8,11-13,16,26H,5-6,9-10H2,1H3/b20-12+,24-22?. The lowest BCUT2D eigenvalue weighted by Gasteiger charge is -2.22. The Kier molecular flexibility index (Phi) is 5.96. The van der Waals surface area contributed by atoms with E-state index < -0.39 is 0 Å². The molecule has 0 spiro atoms. The number of phenols is 1. The molecule has 29 heavy (non-hydrogen) atoms. The van der Waals surface area contributed by atoms with Crippen LogP contribution in [0.25, 0.3) is 6.08 Å². The van der Waals surface area contributed by atoms with E-state index in [1.54, 1.807) is 12.1 Å². The zero-order chi connectivity index (χ0) is 20.4. The van der Waals surface area contributed by atoms with E-state index in [9.17, 15) is 9.90 Å². The Morgan fingerprint density at radius 3 is 2.66 bits per heavy atom. The predicted octanol–water partition coefficient (Wildman–Crippen LogP) is 5.71. The molecule has 2 aliphatic rings. The fourth-order valence-electron chi connectivity index (χ4n) is 3.64. The predicted molar refractivity (Wildman–Crippen MR) is 121 cm³/mol. The molecule has 2 fully saturated rings. The van der Waals surface area contributed by atoms with Crippen LogP contribution in [0.2, 0.25) is 0 Å². The van der Waals surface area contributed by atoms with Crippen LogP contribution in [-0.4, -0.2) is 34.2 Å². The van der Waals surface area contributed by atoms with E-state index in [2.05, 4.69) is 15.9 Å². The summed E-state index contributed by atoms with van der Waals surface area (Å²) in [6, 6.07) is 13.2. The highest BCUT2D eigenvalue weighted by molar-refractivity contribution is 9.10. The van der Waals surface area contributed by atoms with Crippen molar-refractivity contribution in [3.05, 3.63) is 57.4 Å². The third-order valence-electron chi connectivity index (χ3n) is 5.09. The lowest BCUT2D eigenvalue weighted by atomic mass is 10.1. The average Bonchev–Trinajstić information content (AvgIpc) is 3.33. The summed E-state index contributed by atoms with van der Waals surface area (Å²) in [6.45, 7) is 0. The maximum absolute atomic E-state index is 13.3. The summed E-state index contributed by atoms with van der Waals surface area (Å²) in [6.07, 6.45) is 6.11. The number of ether oxygens (including phenoxy) is 1. The molecular weight excluding hydrogens is 452 g/mol. The van der Waals surface area contributed by atoms with Crippen molar-refractivity contribution in [2.24, 2.45) is 4.99 Å². The Balaban J connectivity index is 1.73. The van der Waals surface area contributed by atoms with Gasteiger partial charge < -0.3 is 9.84 Å². The van der Waals surface area contributed by atoms with Gasteiger partial charge in [0.15, 0.2) is 16.7 Å². The first kappa shape index (κ1) is 20.0. The maximum atomic E-state index is 13.3. The summed E-state index contributed by atoms with van der Waals surface area (Å²) >= 11 is 4.86. The third kappa shape index (κ3) is 4.21. The highest BCUT2D eigenvalue weighted by Gasteiger charge is 2.39. The van der Waals surface area contributed by atoms with Gasteiger partial charge in [-0.25, -0.2) is 4.99 Å². The Bertz CT molecular complexity index is 985. The first-order valence-electron chi connectivity index (χ1n) is 9.50. The van der Waals surface area contributed by atoms with Crippen LogP contribution in [0, 0.1) is 0 Å². The van der Waals surface area contributed by atoms with Crippen molar-refractivity contribution in [2.75, 3.05) is 7.11 Å². The van der Waals surface area contributed by atoms with Crippen LogP contribution in [-0.2, 0) is 4.79 Å². The van der Waals surface area contributed by atoms with Gasteiger partial charge in [0.1, 0.15) is 0 Å². The lowest BCUT2D eigenvalue weighted by Crippen LogP contribution is -2.37. The van der Waals surface area contributed by atoms with Gasteiger partial charge in [0.2, 0.25) is 0 Å². The molecule has 2 aromatic rings. The van der Waals surface area contributed by atoms with Crippen molar-refractivity contribution in [3.63, 3.8) is 0 Å². The van der Waals surface area contributed by atoms with Crippen LogP contribution in [0.1, 0.15) is 31.2 Å². The molecule has 1 N–H and O–H groups in total. The molecule has 0 atom stereocenters. The van der Waals surface area contributed by atoms with Crippen LogP contribution < -0.4 is 4.74 Å². The van der Waals surface area contributed by atoms with Gasteiger partial charge >= 0.3 is 0 Å². The Labute approximate surface area is 182 Å². The normalized spacial score (nSPS) is 20.2. The number of hydrogen-bond acceptors (Lipinski definition) is 5. The maximum Gasteiger partial charge on any atom is 0.267 e. The molecule has 1 aliphatic heterocycles. The molecular formula is C22H21BrN2O3S. The molecule has 5 nitrogen and oxygen atoms in total. The van der Waals surface area contributed by atoms with Gasteiger partial charge in [0.25, 0.3) is 5.91 Å². The van der Waals surface area contributed by atoms with E-state index in [0.29, 0.717) is 15.1 Å². The highest BCUT2D eigenvalue weighted by atomic mass is 79.9. The molecule has 0 radical (unpaired) electrons. The van der Waals surface area contributed by atoms with Gasteiger partial charge in [-0.1, -0.05) is 47.0 Å². The molecule has 2 aromatic carbocycles. The number of phenolic OH excluding ortho intramolecular Hbond substituents is 1. The SMILES string of the molecule is COc1cc(/C=C2/SC(=Nc3ccccc3)N(C3CCCC3)C2=O)c(Br)cc1O. The number of nitrogens with zero attached hydrogens (tertiary/aromatic N) is 2. The number of methoxy groups -OCH3 is 1. The largest absolute Gasteiger partial charge is 0.504 e. The number of rotatable bonds is 4. The third-order valence-corrected chi connectivity index (χ3v) is 6.76. The first-order chi connectivity index (χ1) is 14.1. The fraction of sp³-hybridized carbons (Fsp3) is 0.273. The van der Waals surface area contributed by atoms with Crippen LogP contribution in [0.3, 0.4) is 0 Å². The minimum Gasteiger partial charge on any atom is -0.504 e. The fourth-order valence-corrected chi connectivity index (χ4v) is 5.13. The van der Waals surface area contributed by atoms with Crippen LogP contribution in [0.15, 0.2) is 56.8 Å². The van der Waals surface area contributed by atoms with E-state index in [1.165, 1.54) is 18.9 Å². The van der Waals surface area contributed by atoms with Gasteiger partial charge in [-0.3, -0.25) is 9.69 Å². The number of aliphatic imine (C=N–C) groups is 1. The van der Waals surface area contributed by atoms with E-state index in [0.717, 1.165) is 42.1 Å². The summed E-state index contributed by atoms with van der Waals surface area (Å²) < 4.78 is 5.90. The summed E-state index contributed by atoms with van der Waals surface area (Å²) in [5, 5.41) is 10.7. The highest BCUT2D eigenvalue weighted by Crippen LogP contribution is 2.41. The Morgan fingerprint density at radius 2 is 1.97 bits per heavy atom. The second-order valence-corrected chi connectivity index (χ2v) is 8.86. The van der Waals surface area contributed by atoms with Gasteiger partial charge in [-0.05, 0) is 60.5 Å². The number of carbonyl (C=O) groups is 1. The first-order valence-corrected chi connectivity index (χ1v) is 11.1. The second-order valence-electron chi connectivity index (χ2n) is 7.00. The zero-order valence-electron chi connectivity index (χ0n) is 16.0. The molecule has 1 amide bonds. The Hall–Kier alpha value is -2.25. The molecule has 1 heterocycles. The molecule has 0 bridgehead atoms. The van der Waals surface area contributed by atoms with E-state index in [4.69, 9.17) is 9.73 Å². The Morgan fingerprint density at radius 1 is 1.24 bits per heavy atom. The molecule has 1 saturated carbocycles. The van der Waals surface area contributed by atoms with Gasteiger partial charge in [-0.15, -0.1) is 0 Å². The number of amidine groups is 1. The molecule has 0 unspecified atom stereocenters. The van der Waals surface area contributed by atoms with Crippen molar-refractivity contribution in [2.45, 2.75) is 31.7 Å². The number of aromatic hydroxyl groups is 1. The van der Waals surface area contributed by atoms with Crippen molar-refractivity contribution >= 4 is 50.5 Å². The minimum absolute atomic E-state index is 0.0180. The van der Waals surface area contributed by atoms with Crippen molar-refractivity contribution in [1.29, 1.82) is 0 Å². The summed E-state index contributed by atoms with van der Waals surface area (Å²) in [5.41, 5.74) is 1.60. The molecule has 7 heteroatoms. The van der Waals surface area contributed by atoms with Gasteiger partial charge in [0, 0.05) is 10.5 Å². The second kappa shape index (κ2) is 8.63. The molecule has 4 rings (SSSR count). The van der Waals surface area contributed by atoms with E-state index in [-0.39, 0.29) is 17.7 Å². The number of hydrogen-bond donors (Lipinski definition) is 1. The van der Waals surface area contributed by atoms with Crippen molar-refractivity contribution in [3.8, 4) is 11.5 Å². The van der Waals surface area contributed by atoms with E-state index >= 15 is 0 Å². The number of halogens is 1. The summed E-state index contributed by atoms with van der Waals surface area (Å²) in [7, 11) is 1.50. The molecule has 0 aromatic heterocycles. The number of amides is 1. The molecule has 1 saturated heterocycles. The summed E-state index contributed by atoms with van der Waals surface area (Å²) in [4.78, 5) is 20.5. The van der Waals surface area contributed by atoms with Crippen molar-refractivity contribution in [1.82, 2.24) is 4.90 Å². The number of para-hydroxylation sites is 1. The number of benzene rings is 2. The molecule has 150 valence electrons. The van der Waals surface area contributed by atoms with Crippen molar-refractivity contribution < 1.29 is 14.6 Å². The van der Waals surface area contributed by atoms with Gasteiger partial charge in [-0.2, -0.15) is 0 Å². The van der Waals surface area contributed by atoms with E-state index in [1.807, 2.05) is 41.3 Å². The summed E-state index contributed by atoms with van der Waals surface area (Å²) in [5.74, 6) is 0.391. The monoisotopic (exact) mass is 472 g/mol. The van der Waals surface area contributed by atoms with Crippen LogP contribution in [0.4, 0.5) is 5.69 Å². The average molecular weight is 473 g/mol. The van der Waals surface area contributed by atoms with Gasteiger partial charge in [0.05, 0.1) is 17.7 Å². The van der Waals surface area contributed by atoms with Crippen LogP contribution in [0.5, 0.6) is 11.5 Å². The van der Waals surface area contributed by atoms with Crippen LogP contribution >= 0.6 is 27.7 Å². The lowest BCUT2D eigenvalue weighted by molar-refractivity contribution is -0.123. The quantitative estimate of drug-likeness (QED) is 0.578. The number of thioether (sulfide) groups is 1. The topological polar surface area (TPSA) is 62.1 Å². The minimum atomic E-state index is -0.0180. The zero-order valence-corrected chi connectivity index (χ0v) is 18.4.